The van der Waals surface area contributed by atoms with Gasteiger partial charge in [0, 0.05) is 40.4 Å². The average Bonchev–Trinajstić information content (AvgIpc) is 3.68. The molecule has 0 unspecified atom stereocenters. The molecule has 2 amide bonds. The number of carbonyl (C=O) groups is 5. The Bertz CT molecular complexity index is 3310. The molecule has 0 spiro atoms. The van der Waals surface area contributed by atoms with Crippen molar-refractivity contribution in [2.24, 2.45) is 0 Å². The van der Waals surface area contributed by atoms with Crippen LogP contribution in [-0.4, -0.2) is 44.4 Å². The molecular weight excluding hydrogens is 868 g/mol. The van der Waals surface area contributed by atoms with E-state index in [2.05, 4.69) is 15.6 Å². The number of carbonyl (C=O) groups excluding carboxylic acids is 4. The first-order valence-corrected chi connectivity index (χ1v) is 22.1. The Labute approximate surface area is 398 Å². The molecule has 0 saturated carbocycles. The summed E-state index contributed by atoms with van der Waals surface area (Å²) in [5.41, 5.74) is 10.1. The van der Waals surface area contributed by atoms with Crippen molar-refractivity contribution in [1.29, 1.82) is 0 Å². The lowest BCUT2D eigenvalue weighted by atomic mass is 9.97. The number of Topliss-reactive ketones (excluding diaryl/α,β-unsaturated/α-hetero) is 2. The Hall–Kier alpha value is -8.96. The Morgan fingerprint density at radius 3 is 1.57 bits per heavy atom. The highest BCUT2D eigenvalue weighted by molar-refractivity contribution is 6.51. The van der Waals surface area contributed by atoms with E-state index < -0.39 is 17.7 Å². The summed E-state index contributed by atoms with van der Waals surface area (Å²) in [4.78, 5) is 66.9. The number of carboxylic acid groups (broad SMARTS) is 1. The number of hydrogen-bond donors (Lipinski definition) is 3. The number of amides is 2. The number of carboxylic acids is 1. The fourth-order valence-electron chi connectivity index (χ4n) is 7.73. The summed E-state index contributed by atoms with van der Waals surface area (Å²) in [7, 11) is 0. The van der Waals surface area contributed by atoms with E-state index in [1.807, 2.05) is 154 Å². The van der Waals surface area contributed by atoms with Crippen LogP contribution in [-0.2, 0) is 11.3 Å². The number of fused-ring (bicyclic) bond motifs is 3. The summed E-state index contributed by atoms with van der Waals surface area (Å²) in [6.07, 6.45) is 0.587. The lowest BCUT2D eigenvalue weighted by Gasteiger charge is -2.15. The molecule has 3 heterocycles. The van der Waals surface area contributed by atoms with E-state index in [0.717, 1.165) is 50.1 Å². The zero-order chi connectivity index (χ0) is 48.9. The number of halogens is 1. The molecule has 7 aromatic carbocycles. The maximum Gasteiger partial charge on any atom is 0.336 e. The van der Waals surface area contributed by atoms with Gasteiger partial charge in [-0.05, 0) is 66.9 Å². The van der Waals surface area contributed by atoms with Gasteiger partial charge in [0.05, 0.1) is 44.8 Å². The number of nitrogens with one attached hydrogen (secondary N) is 2. The molecule has 0 saturated heterocycles. The Morgan fingerprint density at radius 1 is 0.580 bits per heavy atom. The fourth-order valence-corrected chi connectivity index (χ4v) is 7.73. The molecule has 0 fully saturated rings. The standard InChI is InChI=1S/C24H19FN2O.C17H13NO2.C9H10O.C8H5NO2/c1-16-22(24(28)26-15-17-11-13-19(25)14-12-17)20-9-5-6-10-21(20)27-23(16)18-7-3-2-4-8-18;1-11-15(17(19)20)13-9-5-6-10-14(13)18-16(11)12-7-3-2-4-8-12;1-2-9(10)8-6-4-3-5-7-8;10-7-5-3-1-2-4-6(5)9-8(7)11/h2-14H,15H2,1H3,(H,26,28);2-10H,1H3,(H,19,20);3-7H,2H2,1H3;1-4H,(H,9,10,11). The van der Waals surface area contributed by atoms with Crippen LogP contribution in [0.5, 0.6) is 0 Å². The van der Waals surface area contributed by atoms with Gasteiger partial charge in [0.1, 0.15) is 5.82 Å². The summed E-state index contributed by atoms with van der Waals surface area (Å²) in [5, 5.41) is 16.4. The normalized spacial score (nSPS) is 11.1. The minimum Gasteiger partial charge on any atom is -0.478 e. The first-order valence-electron chi connectivity index (χ1n) is 22.1. The molecule has 9 aromatic rings. The molecule has 69 heavy (non-hydrogen) atoms. The van der Waals surface area contributed by atoms with Gasteiger partial charge >= 0.3 is 5.97 Å². The molecule has 2 aromatic heterocycles. The van der Waals surface area contributed by atoms with Crippen molar-refractivity contribution in [1.82, 2.24) is 15.3 Å². The van der Waals surface area contributed by atoms with Crippen LogP contribution < -0.4 is 10.6 Å². The minimum absolute atomic E-state index is 0.169. The molecule has 1 aliphatic heterocycles. The SMILES string of the molecule is CCC(=O)c1ccccc1.Cc1c(-c2ccccc2)nc2ccccc2c1C(=O)NCc1ccc(F)cc1.Cc1c(-c2ccccc2)nc2ccccc2c1C(=O)O.O=C1Nc2ccccc2C1=O. The highest BCUT2D eigenvalue weighted by atomic mass is 19.1. The highest BCUT2D eigenvalue weighted by Crippen LogP contribution is 2.31. The zero-order valence-electron chi connectivity index (χ0n) is 38.1. The molecule has 0 atom stereocenters. The summed E-state index contributed by atoms with van der Waals surface area (Å²) in [6, 6.07) is 56.8. The van der Waals surface area contributed by atoms with Crippen LogP contribution in [0.15, 0.2) is 188 Å². The minimum atomic E-state index is -0.918. The van der Waals surface area contributed by atoms with E-state index in [4.69, 9.17) is 4.98 Å². The van der Waals surface area contributed by atoms with E-state index in [9.17, 15) is 33.5 Å². The van der Waals surface area contributed by atoms with Crippen molar-refractivity contribution in [3.05, 3.63) is 233 Å². The van der Waals surface area contributed by atoms with Gasteiger partial charge in [0.15, 0.2) is 5.78 Å². The van der Waals surface area contributed by atoms with Crippen LogP contribution in [0, 0.1) is 19.7 Å². The summed E-state index contributed by atoms with van der Waals surface area (Å²) < 4.78 is 13.1. The summed E-state index contributed by atoms with van der Waals surface area (Å²) in [6.45, 7) is 5.94. The number of anilines is 1. The maximum absolute atomic E-state index is 13.1. The molecule has 1 aliphatic rings. The number of para-hydroxylation sites is 3. The molecule has 10 nitrogen and oxygen atoms in total. The maximum atomic E-state index is 13.1. The summed E-state index contributed by atoms with van der Waals surface area (Å²) in [5.74, 6) is -2.15. The predicted molar refractivity (Wildman–Crippen MR) is 269 cm³/mol. The largest absolute Gasteiger partial charge is 0.478 e. The third kappa shape index (κ3) is 11.5. The lowest BCUT2D eigenvalue weighted by molar-refractivity contribution is -0.112. The van der Waals surface area contributed by atoms with E-state index in [1.54, 1.807) is 42.5 Å². The third-order valence-electron chi connectivity index (χ3n) is 11.2. The number of rotatable bonds is 8. The van der Waals surface area contributed by atoms with E-state index >= 15 is 0 Å². The average molecular weight is 915 g/mol. The number of aromatic nitrogens is 2. The van der Waals surface area contributed by atoms with Crippen molar-refractivity contribution in [3.8, 4) is 22.5 Å². The highest BCUT2D eigenvalue weighted by Gasteiger charge is 2.26. The van der Waals surface area contributed by atoms with Gasteiger partial charge in [-0.15, -0.1) is 0 Å². The molecule has 3 N–H and O–H groups in total. The molecule has 10 rings (SSSR count). The monoisotopic (exact) mass is 914 g/mol. The van der Waals surface area contributed by atoms with Crippen LogP contribution in [0.1, 0.15) is 71.5 Å². The van der Waals surface area contributed by atoms with Crippen molar-refractivity contribution >= 4 is 56.8 Å². The quantitative estimate of drug-likeness (QED) is 0.100. The van der Waals surface area contributed by atoms with Gasteiger partial charge in [-0.25, -0.2) is 19.2 Å². The number of nitrogens with zero attached hydrogens (tertiary/aromatic N) is 2. The van der Waals surface area contributed by atoms with E-state index in [-0.39, 0.29) is 17.5 Å². The first kappa shape index (κ1) is 48.0. The predicted octanol–water partition coefficient (Wildman–Crippen LogP) is 12.3. The molecule has 11 heteroatoms. The zero-order valence-corrected chi connectivity index (χ0v) is 38.1. The van der Waals surface area contributed by atoms with Crippen LogP contribution in [0.25, 0.3) is 44.3 Å². The lowest BCUT2D eigenvalue weighted by Crippen LogP contribution is -2.24. The number of hydrogen-bond acceptors (Lipinski definition) is 7. The van der Waals surface area contributed by atoms with Crippen molar-refractivity contribution in [2.75, 3.05) is 5.32 Å². The number of aromatic carboxylic acids is 1. The Balaban J connectivity index is 0.000000148. The fraction of sp³-hybridized carbons (Fsp3) is 0.0862. The molecule has 0 aliphatic carbocycles. The van der Waals surface area contributed by atoms with E-state index in [1.165, 1.54) is 12.1 Å². The molecule has 0 bridgehead atoms. The van der Waals surface area contributed by atoms with Crippen LogP contribution >= 0.6 is 0 Å². The van der Waals surface area contributed by atoms with Crippen molar-refractivity contribution < 1.29 is 33.5 Å². The summed E-state index contributed by atoms with van der Waals surface area (Å²) >= 11 is 0. The van der Waals surface area contributed by atoms with Crippen LogP contribution in [0.4, 0.5) is 10.1 Å². The molecule has 0 radical (unpaired) electrons. The van der Waals surface area contributed by atoms with Gasteiger partial charge in [-0.1, -0.05) is 159 Å². The third-order valence-corrected chi connectivity index (χ3v) is 11.2. The van der Waals surface area contributed by atoms with Crippen LogP contribution in [0.2, 0.25) is 0 Å². The number of benzene rings is 7. The smallest absolute Gasteiger partial charge is 0.336 e. The van der Waals surface area contributed by atoms with Crippen molar-refractivity contribution in [2.45, 2.75) is 33.7 Å². The van der Waals surface area contributed by atoms with Gasteiger partial charge in [-0.3, -0.25) is 19.2 Å². The Morgan fingerprint density at radius 2 is 1.04 bits per heavy atom. The van der Waals surface area contributed by atoms with Gasteiger partial charge in [0.25, 0.3) is 17.6 Å². The van der Waals surface area contributed by atoms with Gasteiger partial charge < -0.3 is 15.7 Å². The van der Waals surface area contributed by atoms with Gasteiger partial charge in [-0.2, -0.15) is 0 Å². The van der Waals surface area contributed by atoms with E-state index in [0.29, 0.717) is 51.8 Å². The molecular formula is C58H47FN4O6. The Kier molecular flexibility index (Phi) is 15.6. The first-order chi connectivity index (χ1) is 33.4. The number of pyridine rings is 2. The second-order valence-electron chi connectivity index (χ2n) is 15.8. The number of ketones is 2. The van der Waals surface area contributed by atoms with Crippen molar-refractivity contribution in [3.63, 3.8) is 0 Å². The van der Waals surface area contributed by atoms with Crippen LogP contribution in [0.3, 0.4) is 0 Å². The molecule has 342 valence electrons. The van der Waals surface area contributed by atoms with Gasteiger partial charge in [0.2, 0.25) is 0 Å². The second kappa shape index (κ2) is 22.5. The second-order valence-corrected chi connectivity index (χ2v) is 15.8. The topological polar surface area (TPSA) is 155 Å².